The smallest absolute Gasteiger partial charge is 0.328 e. The zero-order valence-electron chi connectivity index (χ0n) is 17.6. The first-order valence-corrected chi connectivity index (χ1v) is 9.46. The second kappa shape index (κ2) is 7.74. The number of carbonyl (C=O) groups is 2. The van der Waals surface area contributed by atoms with Crippen LogP contribution < -0.4 is 4.90 Å². The summed E-state index contributed by atoms with van der Waals surface area (Å²) in [5.41, 5.74) is 2.97. The largest absolute Gasteiger partial charge is 0.456 e. The molecule has 0 saturated heterocycles. The summed E-state index contributed by atoms with van der Waals surface area (Å²) in [4.78, 5) is 37.1. The van der Waals surface area contributed by atoms with Crippen LogP contribution in [0.1, 0.15) is 30.8 Å². The minimum Gasteiger partial charge on any atom is -0.456 e. The normalized spacial score (nSPS) is 15.9. The SMILES string of the molecule is Cc1nn(CC(=O)OCC(=O)C=C2N(C)c3ccccc3C2(C)C)c(C)c1[N+](=O)[O-]. The second-order valence-corrected chi connectivity index (χ2v) is 7.79. The van der Waals surface area contributed by atoms with Crippen molar-refractivity contribution in [2.45, 2.75) is 39.7 Å². The van der Waals surface area contributed by atoms with E-state index in [9.17, 15) is 19.7 Å². The quantitative estimate of drug-likeness (QED) is 0.311. The number of allylic oxidation sites excluding steroid dienone is 1. The Bertz CT molecular complexity index is 1070. The van der Waals surface area contributed by atoms with E-state index >= 15 is 0 Å². The number of nitrogens with zero attached hydrogens (tertiary/aromatic N) is 4. The number of rotatable bonds is 6. The molecule has 9 heteroatoms. The minimum absolute atomic E-state index is 0.130. The number of hydrogen-bond donors (Lipinski definition) is 0. The molecular weight excluding hydrogens is 388 g/mol. The van der Waals surface area contributed by atoms with Gasteiger partial charge in [-0.05, 0) is 25.5 Å². The highest BCUT2D eigenvalue weighted by Gasteiger charge is 2.38. The Balaban J connectivity index is 1.66. The molecule has 0 aliphatic carbocycles. The number of fused-ring (bicyclic) bond motifs is 1. The minimum atomic E-state index is -0.690. The van der Waals surface area contributed by atoms with Crippen LogP contribution in [0, 0.1) is 24.0 Å². The molecule has 30 heavy (non-hydrogen) atoms. The van der Waals surface area contributed by atoms with Gasteiger partial charge in [-0.1, -0.05) is 32.0 Å². The lowest BCUT2D eigenvalue weighted by Crippen LogP contribution is -2.25. The number of anilines is 1. The standard InChI is InChI=1S/C21H24N4O5/c1-13-20(25(28)29)14(2)24(22-13)11-19(27)30-12-15(26)10-18-21(3,4)16-8-6-7-9-17(16)23(18)5/h6-10H,11-12H2,1-5H3. The van der Waals surface area contributed by atoms with Crippen LogP contribution in [0.25, 0.3) is 0 Å². The van der Waals surface area contributed by atoms with E-state index in [1.165, 1.54) is 24.6 Å². The highest BCUT2D eigenvalue weighted by atomic mass is 16.6. The van der Waals surface area contributed by atoms with Crippen molar-refractivity contribution < 1.29 is 19.2 Å². The van der Waals surface area contributed by atoms with Crippen molar-refractivity contribution >= 4 is 23.1 Å². The number of ether oxygens (including phenoxy) is 1. The van der Waals surface area contributed by atoms with E-state index in [0.29, 0.717) is 0 Å². The lowest BCUT2D eigenvalue weighted by molar-refractivity contribution is -0.386. The van der Waals surface area contributed by atoms with Crippen molar-refractivity contribution in [3.8, 4) is 0 Å². The van der Waals surface area contributed by atoms with E-state index in [1.54, 1.807) is 0 Å². The lowest BCUT2D eigenvalue weighted by atomic mass is 9.83. The van der Waals surface area contributed by atoms with Gasteiger partial charge in [-0.2, -0.15) is 5.10 Å². The van der Waals surface area contributed by atoms with Gasteiger partial charge in [-0.25, -0.2) is 0 Å². The first-order chi connectivity index (χ1) is 14.0. The molecule has 0 bridgehead atoms. The Morgan fingerprint density at radius 2 is 1.93 bits per heavy atom. The fraction of sp³-hybridized carbons (Fsp3) is 0.381. The van der Waals surface area contributed by atoms with Crippen molar-refractivity contribution in [1.29, 1.82) is 0 Å². The molecule has 158 valence electrons. The zero-order chi connectivity index (χ0) is 22.2. The Kier molecular flexibility index (Phi) is 5.47. The van der Waals surface area contributed by atoms with Crippen LogP contribution in [0.5, 0.6) is 0 Å². The van der Waals surface area contributed by atoms with Gasteiger partial charge in [0.2, 0.25) is 0 Å². The van der Waals surface area contributed by atoms with Crippen LogP contribution in [0.4, 0.5) is 11.4 Å². The van der Waals surface area contributed by atoms with Crippen LogP contribution in [-0.2, 0) is 26.3 Å². The molecule has 0 radical (unpaired) electrons. The number of likely N-dealkylation sites (N-methyl/N-ethyl adjacent to an activating group) is 1. The molecule has 1 aliphatic rings. The molecule has 0 spiro atoms. The van der Waals surface area contributed by atoms with Crippen LogP contribution in [0.3, 0.4) is 0 Å². The molecule has 2 aromatic rings. The molecule has 0 unspecified atom stereocenters. The third-order valence-electron chi connectivity index (χ3n) is 5.42. The van der Waals surface area contributed by atoms with Gasteiger partial charge >= 0.3 is 11.7 Å². The van der Waals surface area contributed by atoms with E-state index in [4.69, 9.17) is 4.74 Å². The van der Waals surface area contributed by atoms with Gasteiger partial charge in [0.05, 0.1) is 4.92 Å². The van der Waals surface area contributed by atoms with Crippen LogP contribution in [0.2, 0.25) is 0 Å². The maximum absolute atomic E-state index is 12.5. The molecule has 0 amide bonds. The lowest BCUT2D eigenvalue weighted by Gasteiger charge is -2.23. The molecule has 0 saturated carbocycles. The molecule has 3 rings (SSSR count). The summed E-state index contributed by atoms with van der Waals surface area (Å²) in [6.45, 7) is 6.37. The third-order valence-corrected chi connectivity index (χ3v) is 5.42. The fourth-order valence-electron chi connectivity index (χ4n) is 3.88. The number of aryl methyl sites for hydroxylation is 1. The number of hydrogen-bond acceptors (Lipinski definition) is 7. The zero-order valence-corrected chi connectivity index (χ0v) is 17.6. The van der Waals surface area contributed by atoms with Crippen molar-refractivity contribution in [3.05, 3.63) is 63.1 Å². The average molecular weight is 412 g/mol. The van der Waals surface area contributed by atoms with Gasteiger partial charge in [0, 0.05) is 29.9 Å². The molecule has 2 heterocycles. The van der Waals surface area contributed by atoms with E-state index < -0.39 is 17.5 Å². The topological polar surface area (TPSA) is 108 Å². The molecule has 0 atom stereocenters. The van der Waals surface area contributed by atoms with Gasteiger partial charge in [-0.15, -0.1) is 0 Å². The number of nitro groups is 1. The maximum atomic E-state index is 12.5. The summed E-state index contributed by atoms with van der Waals surface area (Å²) in [5, 5.41) is 15.1. The Morgan fingerprint density at radius 1 is 1.27 bits per heavy atom. The van der Waals surface area contributed by atoms with E-state index in [1.807, 2.05) is 50.1 Å². The van der Waals surface area contributed by atoms with Gasteiger partial charge in [0.25, 0.3) is 0 Å². The third kappa shape index (κ3) is 3.70. The predicted octanol–water partition coefficient (Wildman–Crippen LogP) is 2.83. The number of ketones is 1. The van der Waals surface area contributed by atoms with Gasteiger partial charge in [-0.3, -0.25) is 24.4 Å². The van der Waals surface area contributed by atoms with E-state index in [-0.39, 0.29) is 34.8 Å². The molecule has 9 nitrogen and oxygen atoms in total. The number of esters is 1. The molecule has 1 aliphatic heterocycles. The van der Waals surface area contributed by atoms with Crippen molar-refractivity contribution in [1.82, 2.24) is 9.78 Å². The highest BCUT2D eigenvalue weighted by Crippen LogP contribution is 2.46. The molecule has 0 N–H and O–H groups in total. The van der Waals surface area contributed by atoms with Crippen LogP contribution in [0.15, 0.2) is 36.0 Å². The second-order valence-electron chi connectivity index (χ2n) is 7.79. The maximum Gasteiger partial charge on any atom is 0.328 e. The van der Waals surface area contributed by atoms with Gasteiger partial charge in [0.15, 0.2) is 12.4 Å². The summed E-state index contributed by atoms with van der Waals surface area (Å²) in [5.74, 6) is -1.03. The first-order valence-electron chi connectivity index (χ1n) is 9.46. The Morgan fingerprint density at radius 3 is 2.53 bits per heavy atom. The predicted molar refractivity (Wildman–Crippen MR) is 110 cm³/mol. The molecule has 1 aromatic carbocycles. The monoisotopic (exact) mass is 412 g/mol. The number of carbonyl (C=O) groups excluding carboxylic acids is 2. The number of para-hydroxylation sites is 1. The Hall–Kier alpha value is -3.49. The number of benzene rings is 1. The molecule has 1 aromatic heterocycles. The van der Waals surface area contributed by atoms with Gasteiger partial charge in [0.1, 0.15) is 17.9 Å². The Labute approximate surface area is 174 Å². The van der Waals surface area contributed by atoms with Crippen molar-refractivity contribution in [2.24, 2.45) is 0 Å². The van der Waals surface area contributed by atoms with Crippen LogP contribution >= 0.6 is 0 Å². The number of aromatic nitrogens is 2. The van der Waals surface area contributed by atoms with Crippen molar-refractivity contribution in [3.63, 3.8) is 0 Å². The summed E-state index contributed by atoms with van der Waals surface area (Å²) in [6, 6.07) is 7.94. The van der Waals surface area contributed by atoms with Crippen LogP contribution in [-0.4, -0.2) is 40.1 Å². The molecular formula is C21H24N4O5. The fourth-order valence-corrected chi connectivity index (χ4v) is 3.88. The molecule has 0 fully saturated rings. The summed E-state index contributed by atoms with van der Waals surface area (Å²) < 4.78 is 6.29. The van der Waals surface area contributed by atoms with Gasteiger partial charge < -0.3 is 9.64 Å². The van der Waals surface area contributed by atoms with E-state index in [0.717, 1.165) is 16.9 Å². The summed E-state index contributed by atoms with van der Waals surface area (Å²) >= 11 is 0. The highest BCUT2D eigenvalue weighted by molar-refractivity contribution is 5.94. The summed E-state index contributed by atoms with van der Waals surface area (Å²) in [6.07, 6.45) is 1.50. The van der Waals surface area contributed by atoms with Crippen molar-refractivity contribution in [2.75, 3.05) is 18.6 Å². The summed E-state index contributed by atoms with van der Waals surface area (Å²) in [7, 11) is 1.90. The van der Waals surface area contributed by atoms with E-state index in [2.05, 4.69) is 5.10 Å². The average Bonchev–Trinajstić information content (AvgIpc) is 3.06. The first kappa shape index (κ1) is 21.2.